The van der Waals surface area contributed by atoms with Crippen molar-refractivity contribution in [2.75, 3.05) is 31.6 Å². The summed E-state index contributed by atoms with van der Waals surface area (Å²) < 4.78 is 33.4. The molecule has 170 valence electrons. The van der Waals surface area contributed by atoms with Gasteiger partial charge in [-0.15, -0.1) is 0 Å². The Kier molecular flexibility index (Phi) is 6.88. The second kappa shape index (κ2) is 9.81. The molecule has 0 spiro atoms. The minimum absolute atomic E-state index is 0.0516. The van der Waals surface area contributed by atoms with E-state index in [0.29, 0.717) is 37.6 Å². The number of benzene rings is 2. The highest BCUT2D eigenvalue weighted by molar-refractivity contribution is 7.89. The van der Waals surface area contributed by atoms with Gasteiger partial charge in [0.15, 0.2) is 0 Å². The van der Waals surface area contributed by atoms with Crippen LogP contribution in [-0.2, 0) is 14.8 Å². The summed E-state index contributed by atoms with van der Waals surface area (Å²) in [7, 11) is -3.69. The molecule has 1 aliphatic carbocycles. The van der Waals surface area contributed by atoms with Gasteiger partial charge < -0.3 is 15.0 Å². The number of rotatable bonds is 6. The summed E-state index contributed by atoms with van der Waals surface area (Å²) in [6.07, 6.45) is 3.70. The Morgan fingerprint density at radius 2 is 1.62 bits per heavy atom. The minimum atomic E-state index is -3.69. The van der Waals surface area contributed by atoms with Gasteiger partial charge in [-0.3, -0.25) is 9.59 Å². The van der Waals surface area contributed by atoms with Gasteiger partial charge in [0.25, 0.3) is 11.8 Å². The summed E-state index contributed by atoms with van der Waals surface area (Å²) >= 11 is 0. The molecule has 2 aromatic rings. The molecule has 32 heavy (non-hydrogen) atoms. The van der Waals surface area contributed by atoms with E-state index in [0.717, 1.165) is 25.7 Å². The molecule has 9 heteroatoms. The van der Waals surface area contributed by atoms with Crippen LogP contribution in [-0.4, -0.2) is 57.5 Å². The van der Waals surface area contributed by atoms with E-state index in [9.17, 15) is 18.0 Å². The van der Waals surface area contributed by atoms with Gasteiger partial charge in [-0.2, -0.15) is 0 Å². The zero-order valence-corrected chi connectivity index (χ0v) is 18.6. The molecule has 2 aliphatic rings. The fraction of sp³-hybridized carbons (Fsp3) is 0.391. The molecule has 1 aliphatic heterocycles. The number of anilines is 1. The number of amides is 2. The van der Waals surface area contributed by atoms with E-state index in [1.54, 1.807) is 41.3 Å². The van der Waals surface area contributed by atoms with Gasteiger partial charge in [-0.1, -0.05) is 25.0 Å². The second-order valence-electron chi connectivity index (χ2n) is 8.07. The maximum atomic E-state index is 12.8. The fourth-order valence-corrected chi connectivity index (χ4v) is 5.37. The molecule has 0 atom stereocenters. The van der Waals surface area contributed by atoms with E-state index in [2.05, 4.69) is 10.0 Å². The quantitative estimate of drug-likeness (QED) is 0.694. The monoisotopic (exact) mass is 457 g/mol. The molecule has 0 bridgehead atoms. The fourth-order valence-electron chi connectivity index (χ4n) is 4.02. The SMILES string of the molecule is O=C(Nc1cccc(C(=O)N2CCOCC2)c1)c1cccc(S(=O)(=O)NC2CCCC2)c1. The van der Waals surface area contributed by atoms with Gasteiger partial charge in [0.05, 0.1) is 18.1 Å². The number of nitrogens with zero attached hydrogens (tertiary/aromatic N) is 1. The lowest BCUT2D eigenvalue weighted by Crippen LogP contribution is -2.40. The number of ether oxygens (including phenoxy) is 1. The van der Waals surface area contributed by atoms with Crippen LogP contribution in [0.25, 0.3) is 0 Å². The Morgan fingerprint density at radius 1 is 0.938 bits per heavy atom. The summed E-state index contributed by atoms with van der Waals surface area (Å²) in [6, 6.07) is 12.6. The topological polar surface area (TPSA) is 105 Å². The number of morpholine rings is 1. The van der Waals surface area contributed by atoms with Crippen LogP contribution in [0.5, 0.6) is 0 Å². The van der Waals surface area contributed by atoms with Gasteiger partial charge in [-0.25, -0.2) is 13.1 Å². The van der Waals surface area contributed by atoms with E-state index < -0.39 is 15.9 Å². The number of sulfonamides is 1. The van der Waals surface area contributed by atoms with Gasteiger partial charge in [-0.05, 0) is 49.2 Å². The number of carbonyl (C=O) groups excluding carboxylic acids is 2. The molecule has 2 amide bonds. The second-order valence-corrected chi connectivity index (χ2v) is 9.78. The van der Waals surface area contributed by atoms with Crippen molar-refractivity contribution >= 4 is 27.5 Å². The molecule has 1 saturated carbocycles. The summed E-state index contributed by atoms with van der Waals surface area (Å²) in [5, 5.41) is 2.76. The van der Waals surface area contributed by atoms with Crippen LogP contribution in [0.1, 0.15) is 46.4 Å². The van der Waals surface area contributed by atoms with E-state index >= 15 is 0 Å². The summed E-state index contributed by atoms with van der Waals surface area (Å²) in [5.74, 6) is -0.561. The molecule has 0 aromatic heterocycles. The van der Waals surface area contributed by atoms with E-state index in [1.165, 1.54) is 12.1 Å². The number of nitrogens with one attached hydrogen (secondary N) is 2. The van der Waals surface area contributed by atoms with Crippen LogP contribution < -0.4 is 10.0 Å². The van der Waals surface area contributed by atoms with Crippen LogP contribution in [0, 0.1) is 0 Å². The highest BCUT2D eigenvalue weighted by Gasteiger charge is 2.24. The zero-order valence-electron chi connectivity index (χ0n) is 17.7. The van der Waals surface area contributed by atoms with Crippen LogP contribution in [0.4, 0.5) is 5.69 Å². The highest BCUT2D eigenvalue weighted by Crippen LogP contribution is 2.21. The van der Waals surface area contributed by atoms with Crippen molar-refractivity contribution in [2.45, 2.75) is 36.6 Å². The predicted octanol–water partition coefficient (Wildman–Crippen LogP) is 2.63. The molecule has 2 aromatic carbocycles. The minimum Gasteiger partial charge on any atom is -0.378 e. The summed E-state index contributed by atoms with van der Waals surface area (Å²) in [5.41, 5.74) is 1.16. The van der Waals surface area contributed by atoms with Crippen molar-refractivity contribution in [1.82, 2.24) is 9.62 Å². The summed E-state index contributed by atoms with van der Waals surface area (Å²) in [6.45, 7) is 2.09. The molecule has 1 heterocycles. The standard InChI is InChI=1S/C23H27N3O5S/c27-22(17-5-4-10-21(16-17)32(29,30)25-19-7-1-2-8-19)24-20-9-3-6-18(15-20)23(28)26-11-13-31-14-12-26/h3-6,9-10,15-16,19,25H,1-2,7-8,11-14H2,(H,24,27). The lowest BCUT2D eigenvalue weighted by molar-refractivity contribution is 0.0303. The first-order chi connectivity index (χ1) is 15.4. The average molecular weight is 458 g/mol. The molecule has 8 nitrogen and oxygen atoms in total. The number of hydrogen-bond acceptors (Lipinski definition) is 5. The van der Waals surface area contributed by atoms with Crippen molar-refractivity contribution in [3.8, 4) is 0 Å². The Balaban J connectivity index is 1.46. The first kappa shape index (κ1) is 22.4. The molecule has 0 radical (unpaired) electrons. The van der Waals surface area contributed by atoms with Crippen molar-refractivity contribution in [2.24, 2.45) is 0 Å². The van der Waals surface area contributed by atoms with Crippen molar-refractivity contribution in [3.05, 3.63) is 59.7 Å². The lowest BCUT2D eigenvalue weighted by Gasteiger charge is -2.27. The zero-order chi connectivity index (χ0) is 22.6. The number of hydrogen-bond donors (Lipinski definition) is 2. The van der Waals surface area contributed by atoms with Crippen LogP contribution in [0.15, 0.2) is 53.4 Å². The Bertz CT molecular complexity index is 1090. The van der Waals surface area contributed by atoms with E-state index in [-0.39, 0.29) is 22.4 Å². The smallest absolute Gasteiger partial charge is 0.255 e. The van der Waals surface area contributed by atoms with Crippen molar-refractivity contribution < 1.29 is 22.7 Å². The van der Waals surface area contributed by atoms with E-state index in [1.807, 2.05) is 0 Å². The predicted molar refractivity (Wildman–Crippen MR) is 120 cm³/mol. The molecule has 1 saturated heterocycles. The Labute approximate surface area is 188 Å². The van der Waals surface area contributed by atoms with Crippen LogP contribution in [0.3, 0.4) is 0 Å². The van der Waals surface area contributed by atoms with Crippen molar-refractivity contribution in [1.29, 1.82) is 0 Å². The van der Waals surface area contributed by atoms with E-state index in [4.69, 9.17) is 4.74 Å². The largest absolute Gasteiger partial charge is 0.378 e. The van der Waals surface area contributed by atoms with Crippen molar-refractivity contribution in [3.63, 3.8) is 0 Å². The third-order valence-corrected chi connectivity index (χ3v) is 7.27. The normalized spacial score (nSPS) is 17.3. The lowest BCUT2D eigenvalue weighted by atomic mass is 10.1. The van der Waals surface area contributed by atoms with Gasteiger partial charge in [0, 0.05) is 35.9 Å². The maximum Gasteiger partial charge on any atom is 0.255 e. The first-order valence-electron chi connectivity index (χ1n) is 10.8. The molecular weight excluding hydrogens is 430 g/mol. The molecule has 2 N–H and O–H groups in total. The molecule has 4 rings (SSSR count). The third kappa shape index (κ3) is 5.35. The van der Waals surface area contributed by atoms with Gasteiger partial charge >= 0.3 is 0 Å². The highest BCUT2D eigenvalue weighted by atomic mass is 32.2. The Morgan fingerprint density at radius 3 is 2.38 bits per heavy atom. The third-order valence-electron chi connectivity index (χ3n) is 5.75. The summed E-state index contributed by atoms with van der Waals surface area (Å²) in [4.78, 5) is 27.3. The first-order valence-corrected chi connectivity index (χ1v) is 12.3. The molecular formula is C23H27N3O5S. The average Bonchev–Trinajstić information content (AvgIpc) is 3.32. The number of carbonyl (C=O) groups is 2. The van der Waals surface area contributed by atoms with Gasteiger partial charge in [0.1, 0.15) is 0 Å². The Hall–Kier alpha value is -2.75. The maximum absolute atomic E-state index is 12.8. The molecule has 2 fully saturated rings. The van der Waals surface area contributed by atoms with Crippen LogP contribution >= 0.6 is 0 Å². The van der Waals surface area contributed by atoms with Crippen LogP contribution in [0.2, 0.25) is 0 Å². The molecule has 0 unspecified atom stereocenters. The van der Waals surface area contributed by atoms with Gasteiger partial charge in [0.2, 0.25) is 10.0 Å².